The first-order valence-corrected chi connectivity index (χ1v) is 7.62. The third-order valence-corrected chi connectivity index (χ3v) is 3.91. The minimum atomic E-state index is 0.759. The molecule has 0 bridgehead atoms. The van der Waals surface area contributed by atoms with Crippen LogP contribution in [0, 0.1) is 0 Å². The van der Waals surface area contributed by atoms with E-state index in [4.69, 9.17) is 4.74 Å². The van der Waals surface area contributed by atoms with Gasteiger partial charge in [0.05, 0.1) is 0 Å². The van der Waals surface area contributed by atoms with Crippen molar-refractivity contribution in [2.75, 3.05) is 44.2 Å². The summed E-state index contributed by atoms with van der Waals surface area (Å²) in [7, 11) is 0. The summed E-state index contributed by atoms with van der Waals surface area (Å²) in [6.07, 6.45) is 0. The molecular weight excluding hydrogens is 260 g/mol. The fourth-order valence-electron chi connectivity index (χ4n) is 2.68. The summed E-state index contributed by atoms with van der Waals surface area (Å²) >= 11 is 0. The fraction of sp³-hybridized carbons (Fsp3) is 0.333. The highest BCUT2D eigenvalue weighted by atomic mass is 16.5. The van der Waals surface area contributed by atoms with E-state index in [0.717, 1.165) is 45.1 Å². The summed E-state index contributed by atoms with van der Waals surface area (Å²) in [6, 6.07) is 20.7. The van der Waals surface area contributed by atoms with Gasteiger partial charge in [-0.3, -0.25) is 4.90 Å². The second-order valence-electron chi connectivity index (χ2n) is 5.33. The average Bonchev–Trinajstić information content (AvgIpc) is 2.57. The number of piperazine rings is 1. The summed E-state index contributed by atoms with van der Waals surface area (Å²) in [4.78, 5) is 4.93. The van der Waals surface area contributed by atoms with Crippen molar-refractivity contribution in [2.45, 2.75) is 0 Å². The summed E-state index contributed by atoms with van der Waals surface area (Å²) in [6.45, 7) is 6.15. The van der Waals surface area contributed by atoms with Crippen LogP contribution in [0.3, 0.4) is 0 Å². The largest absolute Gasteiger partial charge is 0.492 e. The molecule has 0 spiro atoms. The highest BCUT2D eigenvalue weighted by Crippen LogP contribution is 2.15. The van der Waals surface area contributed by atoms with E-state index in [2.05, 4.69) is 40.1 Å². The topological polar surface area (TPSA) is 15.7 Å². The third kappa shape index (κ3) is 3.99. The van der Waals surface area contributed by atoms with Gasteiger partial charge in [-0.15, -0.1) is 0 Å². The maximum Gasteiger partial charge on any atom is 0.119 e. The second-order valence-corrected chi connectivity index (χ2v) is 5.33. The number of anilines is 1. The average molecular weight is 282 g/mol. The molecule has 1 saturated heterocycles. The number of hydrogen-bond acceptors (Lipinski definition) is 3. The Morgan fingerprint density at radius 3 is 2.05 bits per heavy atom. The normalized spacial score (nSPS) is 15.9. The van der Waals surface area contributed by atoms with Crippen LogP contribution < -0.4 is 9.64 Å². The number of nitrogens with zero attached hydrogens (tertiary/aromatic N) is 2. The molecule has 2 aromatic carbocycles. The Kier molecular flexibility index (Phi) is 4.74. The second kappa shape index (κ2) is 7.14. The highest BCUT2D eigenvalue weighted by molar-refractivity contribution is 5.46. The third-order valence-electron chi connectivity index (χ3n) is 3.91. The van der Waals surface area contributed by atoms with Crippen LogP contribution in [0.25, 0.3) is 0 Å². The molecule has 0 aliphatic carbocycles. The SMILES string of the molecule is c1ccc(OCCN2CCN(c3ccccc3)CC2)cc1. The fourth-order valence-corrected chi connectivity index (χ4v) is 2.68. The summed E-state index contributed by atoms with van der Waals surface area (Å²) < 4.78 is 5.76. The molecule has 0 saturated carbocycles. The van der Waals surface area contributed by atoms with Crippen molar-refractivity contribution in [3.8, 4) is 5.75 Å². The monoisotopic (exact) mass is 282 g/mol. The van der Waals surface area contributed by atoms with E-state index < -0.39 is 0 Å². The van der Waals surface area contributed by atoms with E-state index in [-0.39, 0.29) is 0 Å². The molecule has 3 rings (SSSR count). The first-order chi connectivity index (χ1) is 10.4. The van der Waals surface area contributed by atoms with Crippen molar-refractivity contribution in [1.29, 1.82) is 0 Å². The number of hydrogen-bond donors (Lipinski definition) is 0. The van der Waals surface area contributed by atoms with Gasteiger partial charge < -0.3 is 9.64 Å². The molecule has 1 aliphatic rings. The molecule has 0 radical (unpaired) electrons. The van der Waals surface area contributed by atoms with Gasteiger partial charge in [0.25, 0.3) is 0 Å². The molecule has 1 aliphatic heterocycles. The van der Waals surface area contributed by atoms with Crippen molar-refractivity contribution >= 4 is 5.69 Å². The van der Waals surface area contributed by atoms with Gasteiger partial charge in [0, 0.05) is 38.4 Å². The van der Waals surface area contributed by atoms with Crippen LogP contribution in [0.1, 0.15) is 0 Å². The van der Waals surface area contributed by atoms with E-state index in [1.54, 1.807) is 0 Å². The summed E-state index contributed by atoms with van der Waals surface area (Å²) in [5, 5.41) is 0. The van der Waals surface area contributed by atoms with Crippen LogP contribution in [-0.4, -0.2) is 44.2 Å². The predicted molar refractivity (Wildman–Crippen MR) is 87.0 cm³/mol. The van der Waals surface area contributed by atoms with Crippen molar-refractivity contribution in [2.24, 2.45) is 0 Å². The lowest BCUT2D eigenvalue weighted by Gasteiger charge is -2.36. The van der Waals surface area contributed by atoms with Crippen molar-refractivity contribution in [3.63, 3.8) is 0 Å². The number of ether oxygens (including phenoxy) is 1. The Morgan fingerprint density at radius 2 is 1.38 bits per heavy atom. The molecular formula is C18H22N2O. The van der Waals surface area contributed by atoms with Crippen molar-refractivity contribution in [3.05, 3.63) is 60.7 Å². The number of benzene rings is 2. The Balaban J connectivity index is 1.40. The molecule has 0 N–H and O–H groups in total. The van der Waals surface area contributed by atoms with Gasteiger partial charge >= 0.3 is 0 Å². The Morgan fingerprint density at radius 1 is 0.762 bits per heavy atom. The lowest BCUT2D eigenvalue weighted by Crippen LogP contribution is -2.47. The minimum absolute atomic E-state index is 0.759. The number of rotatable bonds is 5. The lowest BCUT2D eigenvalue weighted by molar-refractivity contribution is 0.200. The molecule has 2 aromatic rings. The summed E-state index contributed by atoms with van der Waals surface area (Å²) in [5.74, 6) is 0.959. The van der Waals surface area contributed by atoms with Crippen LogP contribution in [0.15, 0.2) is 60.7 Å². The van der Waals surface area contributed by atoms with E-state index in [0.29, 0.717) is 0 Å². The Hall–Kier alpha value is -2.00. The Bertz CT molecular complexity index is 519. The molecule has 1 fully saturated rings. The molecule has 0 unspecified atom stereocenters. The van der Waals surface area contributed by atoms with E-state index in [9.17, 15) is 0 Å². The molecule has 3 nitrogen and oxygen atoms in total. The van der Waals surface area contributed by atoms with Crippen molar-refractivity contribution < 1.29 is 4.74 Å². The summed E-state index contributed by atoms with van der Waals surface area (Å²) in [5.41, 5.74) is 1.33. The van der Waals surface area contributed by atoms with Gasteiger partial charge in [0.2, 0.25) is 0 Å². The van der Waals surface area contributed by atoms with Crippen LogP contribution in [-0.2, 0) is 0 Å². The van der Waals surface area contributed by atoms with Gasteiger partial charge in [-0.05, 0) is 24.3 Å². The maximum absolute atomic E-state index is 5.76. The smallest absolute Gasteiger partial charge is 0.119 e. The molecule has 3 heteroatoms. The van der Waals surface area contributed by atoms with Gasteiger partial charge in [-0.1, -0.05) is 36.4 Å². The van der Waals surface area contributed by atoms with E-state index in [1.165, 1.54) is 5.69 Å². The molecule has 0 atom stereocenters. The Labute approximate surface area is 126 Å². The zero-order valence-corrected chi connectivity index (χ0v) is 12.3. The van der Waals surface area contributed by atoms with Gasteiger partial charge in [-0.2, -0.15) is 0 Å². The van der Waals surface area contributed by atoms with Gasteiger partial charge in [-0.25, -0.2) is 0 Å². The molecule has 0 aromatic heterocycles. The molecule has 110 valence electrons. The van der Waals surface area contributed by atoms with E-state index in [1.807, 2.05) is 30.3 Å². The standard InChI is InChI=1S/C18H22N2O/c1-3-7-17(8-4-1)20-13-11-19(12-14-20)15-16-21-18-9-5-2-6-10-18/h1-10H,11-16H2. The zero-order valence-electron chi connectivity index (χ0n) is 12.3. The van der Waals surface area contributed by atoms with Crippen LogP contribution >= 0.6 is 0 Å². The number of para-hydroxylation sites is 2. The predicted octanol–water partition coefficient (Wildman–Crippen LogP) is 2.89. The zero-order chi connectivity index (χ0) is 14.3. The van der Waals surface area contributed by atoms with Crippen LogP contribution in [0.5, 0.6) is 5.75 Å². The minimum Gasteiger partial charge on any atom is -0.492 e. The first kappa shape index (κ1) is 14.0. The maximum atomic E-state index is 5.76. The lowest BCUT2D eigenvalue weighted by atomic mass is 10.2. The molecule has 1 heterocycles. The van der Waals surface area contributed by atoms with Crippen LogP contribution in [0.2, 0.25) is 0 Å². The highest BCUT2D eigenvalue weighted by Gasteiger charge is 2.16. The molecule has 0 amide bonds. The van der Waals surface area contributed by atoms with E-state index >= 15 is 0 Å². The van der Waals surface area contributed by atoms with Crippen molar-refractivity contribution in [1.82, 2.24) is 4.90 Å². The quantitative estimate of drug-likeness (QED) is 0.838. The molecule has 21 heavy (non-hydrogen) atoms. The van der Waals surface area contributed by atoms with Gasteiger partial charge in [0.1, 0.15) is 12.4 Å². The van der Waals surface area contributed by atoms with Gasteiger partial charge in [0.15, 0.2) is 0 Å². The van der Waals surface area contributed by atoms with Crippen LogP contribution in [0.4, 0.5) is 5.69 Å². The first-order valence-electron chi connectivity index (χ1n) is 7.62.